The molecule has 2 N–H and O–H groups in total. The Kier molecular flexibility index (Phi) is 5.13. The van der Waals surface area contributed by atoms with Gasteiger partial charge in [-0.05, 0) is 68.1 Å². The van der Waals surface area contributed by atoms with Crippen LogP contribution in [-0.4, -0.2) is 24.3 Å². The van der Waals surface area contributed by atoms with Crippen molar-refractivity contribution < 1.29 is 9.53 Å². The molecule has 1 amide bonds. The summed E-state index contributed by atoms with van der Waals surface area (Å²) >= 11 is 1.55. The number of anilines is 1. The number of nitrogens with one attached hydrogen (secondary N) is 2. The summed E-state index contributed by atoms with van der Waals surface area (Å²) in [7, 11) is 1.61. The Hall–Kier alpha value is -2.73. The lowest BCUT2D eigenvalue weighted by Crippen LogP contribution is -2.35. The van der Waals surface area contributed by atoms with E-state index in [0.29, 0.717) is 11.3 Å². The van der Waals surface area contributed by atoms with Gasteiger partial charge in [0.1, 0.15) is 5.75 Å². The third-order valence-electron chi connectivity index (χ3n) is 5.47. The molecule has 1 aliphatic rings. The van der Waals surface area contributed by atoms with Crippen molar-refractivity contribution in [3.8, 4) is 5.75 Å². The Morgan fingerprint density at radius 1 is 1.14 bits per heavy atom. The number of nitrogens with zero attached hydrogens (tertiary/aromatic N) is 1. The summed E-state index contributed by atoms with van der Waals surface area (Å²) in [5.74, 6) is 0.609. The van der Waals surface area contributed by atoms with Crippen LogP contribution in [0.4, 0.5) is 5.69 Å². The number of pyridine rings is 1. The monoisotopic (exact) mass is 407 g/mol. The van der Waals surface area contributed by atoms with Crippen LogP contribution in [0.1, 0.15) is 40.0 Å². The molecule has 1 heterocycles. The molecule has 4 rings (SSSR count). The van der Waals surface area contributed by atoms with Gasteiger partial charge in [-0.1, -0.05) is 24.1 Å². The van der Waals surface area contributed by atoms with Crippen molar-refractivity contribution in [3.63, 3.8) is 0 Å². The summed E-state index contributed by atoms with van der Waals surface area (Å²) in [6, 6.07) is 13.9. The van der Waals surface area contributed by atoms with Crippen LogP contribution >= 0.6 is 11.9 Å². The highest BCUT2D eigenvalue weighted by molar-refractivity contribution is 7.99. The Morgan fingerprint density at radius 2 is 1.93 bits per heavy atom. The van der Waals surface area contributed by atoms with Crippen molar-refractivity contribution in [1.82, 2.24) is 10.3 Å². The fourth-order valence-corrected chi connectivity index (χ4v) is 4.11. The molecule has 0 unspecified atom stereocenters. The van der Waals surface area contributed by atoms with E-state index in [0.717, 1.165) is 46.3 Å². The zero-order valence-corrected chi connectivity index (χ0v) is 17.9. The van der Waals surface area contributed by atoms with Crippen LogP contribution in [0.25, 0.3) is 10.9 Å². The van der Waals surface area contributed by atoms with Crippen LogP contribution in [0.2, 0.25) is 0 Å². The summed E-state index contributed by atoms with van der Waals surface area (Å²) in [6.45, 7) is 3.94. The SMILES string of the molecule is COc1ccc(C)c(C(=O)NC2(c3cc(NSC)cc4nc(C)ccc34)CC2)c1. The van der Waals surface area contributed by atoms with Gasteiger partial charge >= 0.3 is 0 Å². The minimum Gasteiger partial charge on any atom is -0.497 e. The molecule has 0 spiro atoms. The van der Waals surface area contributed by atoms with Crippen LogP contribution < -0.4 is 14.8 Å². The van der Waals surface area contributed by atoms with Crippen molar-refractivity contribution in [2.45, 2.75) is 32.2 Å². The Morgan fingerprint density at radius 3 is 2.62 bits per heavy atom. The summed E-state index contributed by atoms with van der Waals surface area (Å²) in [4.78, 5) is 17.9. The number of ether oxygens (including phenoxy) is 1. The molecular weight excluding hydrogens is 382 g/mol. The first-order valence-electron chi connectivity index (χ1n) is 9.64. The van der Waals surface area contributed by atoms with Crippen LogP contribution in [-0.2, 0) is 5.54 Å². The lowest BCUT2D eigenvalue weighted by Gasteiger charge is -2.22. The first kappa shape index (κ1) is 19.6. The maximum absolute atomic E-state index is 13.2. The number of carbonyl (C=O) groups is 1. The molecule has 2 aromatic carbocycles. The number of carbonyl (C=O) groups excluding carboxylic acids is 1. The van der Waals surface area contributed by atoms with Gasteiger partial charge in [0.05, 0.1) is 18.2 Å². The lowest BCUT2D eigenvalue weighted by molar-refractivity contribution is 0.0930. The molecule has 1 aromatic heterocycles. The molecule has 1 saturated carbocycles. The summed E-state index contributed by atoms with van der Waals surface area (Å²) in [5, 5.41) is 4.40. The highest BCUT2D eigenvalue weighted by Gasteiger charge is 2.47. The molecule has 0 radical (unpaired) electrons. The Balaban J connectivity index is 1.74. The van der Waals surface area contributed by atoms with Gasteiger partial charge < -0.3 is 14.8 Å². The summed E-state index contributed by atoms with van der Waals surface area (Å²) in [6.07, 6.45) is 3.81. The van der Waals surface area contributed by atoms with E-state index in [4.69, 9.17) is 9.72 Å². The first-order chi connectivity index (χ1) is 14.0. The molecule has 6 heteroatoms. The second-order valence-electron chi connectivity index (χ2n) is 7.57. The summed E-state index contributed by atoms with van der Waals surface area (Å²) < 4.78 is 8.62. The number of aryl methyl sites for hydroxylation is 2. The molecule has 3 aromatic rings. The maximum atomic E-state index is 13.2. The molecule has 150 valence electrons. The standard InChI is InChI=1S/C23H25N3O2S/c1-14-5-7-17(28-3)13-19(14)22(27)25-23(9-10-23)20-11-16(26-29-4)12-21-18(20)8-6-15(2)24-21/h5-8,11-13,26H,9-10H2,1-4H3,(H,25,27). The van der Waals surface area contributed by atoms with Gasteiger partial charge in [-0.3, -0.25) is 9.78 Å². The van der Waals surface area contributed by atoms with Crippen molar-refractivity contribution in [3.05, 3.63) is 64.8 Å². The van der Waals surface area contributed by atoms with Crippen LogP contribution in [0.5, 0.6) is 5.75 Å². The molecule has 1 aliphatic carbocycles. The number of hydrogen-bond donors (Lipinski definition) is 2. The second kappa shape index (κ2) is 7.59. The number of rotatable bonds is 6. The van der Waals surface area contributed by atoms with Gasteiger partial charge in [0, 0.05) is 28.6 Å². The van der Waals surface area contributed by atoms with E-state index in [1.54, 1.807) is 25.1 Å². The highest BCUT2D eigenvalue weighted by Crippen LogP contribution is 2.49. The normalized spacial score (nSPS) is 14.5. The first-order valence-corrected chi connectivity index (χ1v) is 10.9. The topological polar surface area (TPSA) is 63.2 Å². The Bertz CT molecular complexity index is 1090. The molecule has 0 atom stereocenters. The van der Waals surface area contributed by atoms with E-state index in [2.05, 4.69) is 28.2 Å². The number of hydrogen-bond acceptors (Lipinski definition) is 5. The zero-order chi connectivity index (χ0) is 20.6. The predicted octanol–water partition coefficient (Wildman–Crippen LogP) is 4.97. The molecule has 0 bridgehead atoms. The van der Waals surface area contributed by atoms with Crippen LogP contribution in [0.15, 0.2) is 42.5 Å². The lowest BCUT2D eigenvalue weighted by atomic mass is 9.97. The fourth-order valence-electron chi connectivity index (χ4n) is 3.75. The van der Waals surface area contributed by atoms with E-state index in [1.165, 1.54) is 0 Å². The Labute approximate surface area is 175 Å². The second-order valence-corrected chi connectivity index (χ2v) is 8.18. The number of amides is 1. The smallest absolute Gasteiger partial charge is 0.252 e. The summed E-state index contributed by atoms with van der Waals surface area (Å²) in [5.41, 5.74) is 5.25. The fraction of sp³-hybridized carbons (Fsp3) is 0.304. The predicted molar refractivity (Wildman–Crippen MR) is 120 cm³/mol. The maximum Gasteiger partial charge on any atom is 0.252 e. The molecule has 0 saturated heterocycles. The minimum atomic E-state index is -0.363. The van der Waals surface area contributed by atoms with E-state index < -0.39 is 0 Å². The third-order valence-corrected chi connectivity index (χ3v) is 5.91. The number of aromatic nitrogens is 1. The zero-order valence-electron chi connectivity index (χ0n) is 17.1. The van der Waals surface area contributed by atoms with Crippen LogP contribution in [0.3, 0.4) is 0 Å². The van der Waals surface area contributed by atoms with Crippen molar-refractivity contribution in [1.29, 1.82) is 0 Å². The molecular formula is C23H25N3O2S. The molecule has 1 fully saturated rings. The van der Waals surface area contributed by atoms with E-state index in [-0.39, 0.29) is 11.4 Å². The average Bonchev–Trinajstić information content (AvgIpc) is 3.48. The van der Waals surface area contributed by atoms with Crippen molar-refractivity contribution >= 4 is 34.4 Å². The van der Waals surface area contributed by atoms with Crippen molar-refractivity contribution in [2.75, 3.05) is 18.1 Å². The van der Waals surface area contributed by atoms with Crippen LogP contribution in [0, 0.1) is 13.8 Å². The molecule has 29 heavy (non-hydrogen) atoms. The van der Waals surface area contributed by atoms with Gasteiger partial charge in [-0.15, -0.1) is 0 Å². The highest BCUT2D eigenvalue weighted by atomic mass is 32.2. The van der Waals surface area contributed by atoms with E-state index in [1.807, 2.05) is 38.3 Å². The van der Waals surface area contributed by atoms with Gasteiger partial charge in [-0.2, -0.15) is 0 Å². The van der Waals surface area contributed by atoms with Gasteiger partial charge in [0.15, 0.2) is 0 Å². The number of benzene rings is 2. The minimum absolute atomic E-state index is 0.0738. The molecule has 5 nitrogen and oxygen atoms in total. The largest absolute Gasteiger partial charge is 0.497 e. The van der Waals surface area contributed by atoms with Gasteiger partial charge in [-0.25, -0.2) is 0 Å². The number of fused-ring (bicyclic) bond motifs is 1. The van der Waals surface area contributed by atoms with Crippen molar-refractivity contribution in [2.24, 2.45) is 0 Å². The third kappa shape index (κ3) is 3.77. The molecule has 0 aliphatic heterocycles. The van der Waals surface area contributed by atoms with Gasteiger partial charge in [0.2, 0.25) is 0 Å². The van der Waals surface area contributed by atoms with E-state index >= 15 is 0 Å². The van der Waals surface area contributed by atoms with E-state index in [9.17, 15) is 4.79 Å². The average molecular weight is 408 g/mol. The van der Waals surface area contributed by atoms with Gasteiger partial charge in [0.25, 0.3) is 5.91 Å². The number of methoxy groups -OCH3 is 1. The quantitative estimate of drug-likeness (QED) is 0.565.